The molecule has 0 aliphatic heterocycles. The molecule has 1 amide bonds. The molecule has 0 heterocycles. The Morgan fingerprint density at radius 2 is 1.38 bits per heavy atom. The summed E-state index contributed by atoms with van der Waals surface area (Å²) in [4.78, 5) is 12.9. The zero-order chi connectivity index (χ0) is 25.0. The van der Waals surface area contributed by atoms with Crippen LogP contribution in [0.5, 0.6) is 5.75 Å². The molecule has 0 saturated heterocycles. The summed E-state index contributed by atoms with van der Waals surface area (Å²) < 4.78 is 73.8. The van der Waals surface area contributed by atoms with Crippen LogP contribution in [0, 0.1) is 34.5 Å². The highest BCUT2D eigenvalue weighted by Crippen LogP contribution is 2.35. The van der Waals surface area contributed by atoms with Crippen molar-refractivity contribution in [3.05, 3.63) is 94.8 Å². The van der Waals surface area contributed by atoms with Crippen LogP contribution in [-0.4, -0.2) is 13.0 Å². The maximum atomic E-state index is 14.1. The summed E-state index contributed by atoms with van der Waals surface area (Å²) in [6, 6.07) is 16.4. The van der Waals surface area contributed by atoms with E-state index in [1.54, 1.807) is 24.3 Å². The van der Waals surface area contributed by atoms with E-state index in [2.05, 4.69) is 0 Å². The molecule has 8 heteroatoms. The second-order valence-electron chi connectivity index (χ2n) is 8.27. The molecule has 1 N–H and O–H groups in total. The molecule has 3 rings (SSSR count). The molecule has 0 bridgehead atoms. The first-order valence-corrected chi connectivity index (χ1v) is 10.3. The molecule has 0 aliphatic rings. The van der Waals surface area contributed by atoms with Gasteiger partial charge in [0.2, 0.25) is 11.7 Å². The number of methoxy groups -OCH3 is 1. The molecule has 0 aliphatic carbocycles. The molecule has 0 atom stereocenters. The molecule has 0 spiro atoms. The van der Waals surface area contributed by atoms with Crippen molar-refractivity contribution in [2.24, 2.45) is 5.41 Å². The lowest BCUT2D eigenvalue weighted by Gasteiger charge is -2.26. The standard InChI is InChI=1S/C26H22F5NO2/c1-26(2,25(33)32-24-22(30)20(28)19(27)21(29)23(24)31)14-17(13-15-7-5-4-6-8-15)16-9-11-18(34-3)12-10-16/h4-13H,14H2,1-3H3,(H,32,33)/b17-13-. The largest absolute Gasteiger partial charge is 0.497 e. The number of carbonyl (C=O) groups is 1. The molecule has 0 saturated carbocycles. The van der Waals surface area contributed by atoms with E-state index in [1.165, 1.54) is 21.0 Å². The number of hydrogen-bond donors (Lipinski definition) is 1. The first-order valence-electron chi connectivity index (χ1n) is 10.3. The Balaban J connectivity index is 1.95. The van der Waals surface area contributed by atoms with Crippen molar-refractivity contribution in [1.29, 1.82) is 0 Å². The van der Waals surface area contributed by atoms with E-state index in [0.29, 0.717) is 11.3 Å². The summed E-state index contributed by atoms with van der Waals surface area (Å²) >= 11 is 0. The number of hydrogen-bond acceptors (Lipinski definition) is 2. The Hall–Kier alpha value is -3.68. The average molecular weight is 475 g/mol. The number of allylic oxidation sites excluding steroid dienone is 1. The fourth-order valence-electron chi connectivity index (χ4n) is 3.35. The maximum absolute atomic E-state index is 14.1. The zero-order valence-corrected chi connectivity index (χ0v) is 18.7. The monoisotopic (exact) mass is 475 g/mol. The molecule has 34 heavy (non-hydrogen) atoms. The van der Waals surface area contributed by atoms with Crippen molar-refractivity contribution in [3.63, 3.8) is 0 Å². The van der Waals surface area contributed by atoms with Gasteiger partial charge >= 0.3 is 0 Å². The molecule has 3 aromatic carbocycles. The van der Waals surface area contributed by atoms with Crippen molar-refractivity contribution in [2.75, 3.05) is 12.4 Å². The molecular formula is C26H22F5NO2. The van der Waals surface area contributed by atoms with Crippen LogP contribution >= 0.6 is 0 Å². The molecule has 0 fully saturated rings. The summed E-state index contributed by atoms with van der Waals surface area (Å²) in [5.74, 6) is -11.0. The highest BCUT2D eigenvalue weighted by atomic mass is 19.2. The van der Waals surface area contributed by atoms with Crippen LogP contribution in [0.15, 0.2) is 54.6 Å². The first kappa shape index (κ1) is 25.0. The Morgan fingerprint density at radius 1 is 0.853 bits per heavy atom. The summed E-state index contributed by atoms with van der Waals surface area (Å²) in [5, 5.41) is 1.88. The number of benzene rings is 3. The molecule has 0 unspecified atom stereocenters. The lowest BCUT2D eigenvalue weighted by Crippen LogP contribution is -2.32. The minimum Gasteiger partial charge on any atom is -0.497 e. The van der Waals surface area contributed by atoms with Crippen LogP contribution in [0.1, 0.15) is 31.4 Å². The van der Waals surface area contributed by atoms with E-state index in [0.717, 1.165) is 11.1 Å². The Labute approximate surface area is 193 Å². The summed E-state index contributed by atoms with van der Waals surface area (Å²) in [6.07, 6.45) is 1.95. The van der Waals surface area contributed by atoms with Crippen molar-refractivity contribution in [2.45, 2.75) is 20.3 Å². The fourth-order valence-corrected chi connectivity index (χ4v) is 3.35. The number of halogens is 5. The number of amides is 1. The lowest BCUT2D eigenvalue weighted by molar-refractivity contribution is -0.123. The summed E-state index contributed by atoms with van der Waals surface area (Å²) in [6.45, 7) is 3.02. The van der Waals surface area contributed by atoms with Crippen LogP contribution in [-0.2, 0) is 4.79 Å². The van der Waals surface area contributed by atoms with Gasteiger partial charge in [-0.3, -0.25) is 4.79 Å². The van der Waals surface area contributed by atoms with Crippen LogP contribution < -0.4 is 10.1 Å². The van der Waals surface area contributed by atoms with Gasteiger partial charge in [-0.15, -0.1) is 0 Å². The fraction of sp³-hybridized carbons (Fsp3) is 0.192. The van der Waals surface area contributed by atoms with E-state index in [1.807, 2.05) is 41.7 Å². The topological polar surface area (TPSA) is 38.3 Å². The third kappa shape index (κ3) is 5.27. The molecular weight excluding hydrogens is 453 g/mol. The first-order chi connectivity index (χ1) is 16.0. The lowest BCUT2D eigenvalue weighted by atomic mass is 9.81. The second kappa shape index (κ2) is 10.1. The van der Waals surface area contributed by atoms with E-state index < -0.39 is 46.1 Å². The Kier molecular flexibility index (Phi) is 7.39. The molecule has 0 aromatic heterocycles. The van der Waals surface area contributed by atoms with Crippen molar-refractivity contribution in [3.8, 4) is 5.75 Å². The van der Waals surface area contributed by atoms with E-state index in [9.17, 15) is 26.7 Å². The predicted octanol–water partition coefficient (Wildman–Crippen LogP) is 6.99. The van der Waals surface area contributed by atoms with Gasteiger partial charge in [0.25, 0.3) is 0 Å². The van der Waals surface area contributed by atoms with E-state index in [4.69, 9.17) is 4.74 Å². The van der Waals surface area contributed by atoms with E-state index in [-0.39, 0.29) is 6.42 Å². The summed E-state index contributed by atoms with van der Waals surface area (Å²) in [7, 11) is 1.53. The quantitative estimate of drug-likeness (QED) is 0.173. The summed E-state index contributed by atoms with van der Waals surface area (Å²) in [5.41, 5.74) is -0.342. The molecule has 0 radical (unpaired) electrons. The third-order valence-corrected chi connectivity index (χ3v) is 5.30. The van der Waals surface area contributed by atoms with Gasteiger partial charge in [-0.25, -0.2) is 22.0 Å². The second-order valence-corrected chi connectivity index (χ2v) is 8.27. The normalized spacial score (nSPS) is 11.9. The molecule has 3 nitrogen and oxygen atoms in total. The van der Waals surface area contributed by atoms with E-state index >= 15 is 0 Å². The van der Waals surface area contributed by atoms with Crippen LogP contribution in [0.4, 0.5) is 27.6 Å². The predicted molar refractivity (Wildman–Crippen MR) is 121 cm³/mol. The zero-order valence-electron chi connectivity index (χ0n) is 18.7. The molecule has 178 valence electrons. The van der Waals surface area contributed by atoms with Crippen molar-refractivity contribution >= 4 is 23.2 Å². The Morgan fingerprint density at radius 3 is 1.91 bits per heavy atom. The Bertz CT molecular complexity index is 1190. The molecule has 3 aromatic rings. The van der Waals surface area contributed by atoms with Crippen LogP contribution in [0.3, 0.4) is 0 Å². The van der Waals surface area contributed by atoms with Gasteiger partial charge in [0.1, 0.15) is 11.4 Å². The highest BCUT2D eigenvalue weighted by Gasteiger charge is 2.33. The minimum atomic E-state index is -2.29. The van der Waals surface area contributed by atoms with Gasteiger partial charge in [0, 0.05) is 5.41 Å². The average Bonchev–Trinajstić information content (AvgIpc) is 2.84. The minimum absolute atomic E-state index is 0.0927. The maximum Gasteiger partial charge on any atom is 0.230 e. The van der Waals surface area contributed by atoms with Crippen molar-refractivity contribution in [1.82, 2.24) is 0 Å². The van der Waals surface area contributed by atoms with Gasteiger partial charge < -0.3 is 10.1 Å². The van der Waals surface area contributed by atoms with Gasteiger partial charge in [-0.05, 0) is 35.3 Å². The SMILES string of the molecule is COc1ccc(/C(=C\c2ccccc2)CC(C)(C)C(=O)Nc2c(F)c(F)c(F)c(F)c2F)cc1. The number of nitrogens with one attached hydrogen (secondary N) is 1. The van der Waals surface area contributed by atoms with Gasteiger partial charge in [-0.1, -0.05) is 62.4 Å². The third-order valence-electron chi connectivity index (χ3n) is 5.30. The number of rotatable bonds is 7. The van der Waals surface area contributed by atoms with Crippen molar-refractivity contribution < 1.29 is 31.5 Å². The van der Waals surface area contributed by atoms with Gasteiger partial charge in [0.15, 0.2) is 23.3 Å². The van der Waals surface area contributed by atoms with Gasteiger partial charge in [0.05, 0.1) is 7.11 Å². The van der Waals surface area contributed by atoms with Gasteiger partial charge in [-0.2, -0.15) is 0 Å². The highest BCUT2D eigenvalue weighted by molar-refractivity contribution is 5.97. The van der Waals surface area contributed by atoms with Crippen LogP contribution in [0.2, 0.25) is 0 Å². The number of anilines is 1. The van der Waals surface area contributed by atoms with Crippen LogP contribution in [0.25, 0.3) is 11.6 Å². The number of carbonyl (C=O) groups excluding carboxylic acids is 1. The number of ether oxygens (including phenoxy) is 1. The smallest absolute Gasteiger partial charge is 0.230 e.